The predicted octanol–water partition coefficient (Wildman–Crippen LogP) is 0.602. The summed E-state index contributed by atoms with van der Waals surface area (Å²) in [5, 5.41) is 0.0924. The lowest BCUT2D eigenvalue weighted by Gasteiger charge is -2.44. The van der Waals surface area contributed by atoms with E-state index < -0.39 is 58.1 Å². The number of carbonyl (C=O) groups is 4. The third kappa shape index (κ3) is 4.49. The number of alkyl halides is 2. The van der Waals surface area contributed by atoms with Crippen LogP contribution in [0.5, 0.6) is 0 Å². The third-order valence-corrected chi connectivity index (χ3v) is 6.69. The summed E-state index contributed by atoms with van der Waals surface area (Å²) in [6.45, 7) is -0.162. The Morgan fingerprint density at radius 3 is 2.41 bits per heavy atom. The van der Waals surface area contributed by atoms with Gasteiger partial charge >= 0.3 is 5.92 Å². The summed E-state index contributed by atoms with van der Waals surface area (Å²) in [4.78, 5) is 51.2. The lowest BCUT2D eigenvalue weighted by atomic mass is 9.40. The molecule has 0 saturated carbocycles. The summed E-state index contributed by atoms with van der Waals surface area (Å²) in [7, 11) is 29.2. The largest absolute Gasteiger partial charge is 0.393 e. The number of fused-ring (bicyclic) bond motifs is 1. The Morgan fingerprint density at radius 1 is 1.16 bits per heavy atom. The van der Waals surface area contributed by atoms with Crippen LogP contribution in [-0.4, -0.2) is 78.7 Å². The van der Waals surface area contributed by atoms with Gasteiger partial charge in [0.25, 0.3) is 11.8 Å². The second-order valence-corrected chi connectivity index (χ2v) is 9.25. The molecule has 2 aromatic carbocycles. The van der Waals surface area contributed by atoms with Gasteiger partial charge in [-0.3, -0.25) is 24.5 Å². The van der Waals surface area contributed by atoms with E-state index in [4.69, 9.17) is 51.0 Å². The van der Waals surface area contributed by atoms with Crippen LogP contribution in [0, 0.1) is 0 Å². The van der Waals surface area contributed by atoms with Crippen molar-refractivity contribution in [2.45, 2.75) is 35.5 Å². The first-order valence-electron chi connectivity index (χ1n) is 10.8. The van der Waals surface area contributed by atoms with Crippen molar-refractivity contribution in [3.63, 3.8) is 0 Å². The van der Waals surface area contributed by atoms with Crippen molar-refractivity contribution in [1.29, 1.82) is 0 Å². The number of piperidine rings is 1. The standard InChI is InChI=1S/C22H13B5ClF2N3O4/c23-15-14(17(34)31-19(36)21(15,25)26)32-8-10-7-9(1-6-13(10)18(32)35)16(24)33(27)20(37)22(29,30)11-2-4-12(28)5-3-11/h1-7,14-16H,8H2,(H,31,34,36). The highest BCUT2D eigenvalue weighted by Crippen LogP contribution is 2.42. The molecule has 0 spiro atoms. The molecule has 1 saturated heterocycles. The molecule has 176 valence electrons. The SMILES string of the molecule is [B]C(c1ccc2c(c1)CN(C1C(=O)NC(=O)C([B])([B])C1[B])C2=O)N([B])C(=O)C(F)(F)c1ccc(Cl)cc1. The maximum Gasteiger partial charge on any atom is 0.348 e. The van der Waals surface area contributed by atoms with Gasteiger partial charge in [-0.1, -0.05) is 35.9 Å². The molecule has 3 unspecified atom stereocenters. The minimum Gasteiger partial charge on any atom is -0.393 e. The molecular formula is C22H13B5ClF2N3O4. The molecule has 0 aromatic heterocycles. The highest BCUT2D eigenvalue weighted by molar-refractivity contribution is 6.56. The molecule has 4 amide bonds. The van der Waals surface area contributed by atoms with Gasteiger partial charge in [0.15, 0.2) is 0 Å². The minimum atomic E-state index is -4.00. The lowest BCUT2D eigenvalue weighted by molar-refractivity contribution is -0.154. The highest BCUT2D eigenvalue weighted by atomic mass is 35.5. The van der Waals surface area contributed by atoms with Gasteiger partial charge in [-0.05, 0) is 40.4 Å². The van der Waals surface area contributed by atoms with Crippen LogP contribution in [0.3, 0.4) is 0 Å². The van der Waals surface area contributed by atoms with Crippen molar-refractivity contribution in [2.75, 3.05) is 0 Å². The first-order chi connectivity index (χ1) is 17.2. The van der Waals surface area contributed by atoms with Gasteiger partial charge in [0.1, 0.15) is 13.9 Å². The molecule has 4 rings (SSSR count). The smallest absolute Gasteiger partial charge is 0.348 e. The lowest BCUT2D eigenvalue weighted by Crippen LogP contribution is -2.61. The predicted molar refractivity (Wildman–Crippen MR) is 133 cm³/mol. The van der Waals surface area contributed by atoms with Crippen LogP contribution in [0.2, 0.25) is 16.1 Å². The van der Waals surface area contributed by atoms with Crippen molar-refractivity contribution < 1.29 is 28.0 Å². The number of hydrogen-bond acceptors (Lipinski definition) is 4. The Kier molecular flexibility index (Phi) is 6.86. The van der Waals surface area contributed by atoms with Gasteiger partial charge in [0, 0.05) is 28.6 Å². The number of nitrogens with one attached hydrogen (secondary N) is 1. The quantitative estimate of drug-likeness (QED) is 0.471. The average Bonchev–Trinajstić information content (AvgIpc) is 3.17. The maximum absolute atomic E-state index is 14.8. The zero-order valence-electron chi connectivity index (χ0n) is 19.0. The molecule has 1 N–H and O–H groups in total. The third-order valence-electron chi connectivity index (χ3n) is 6.44. The van der Waals surface area contributed by atoms with Crippen LogP contribution >= 0.6 is 11.6 Å². The Hall–Kier alpha value is -3.01. The first-order valence-corrected chi connectivity index (χ1v) is 11.2. The van der Waals surface area contributed by atoms with Crippen LogP contribution in [0.15, 0.2) is 42.5 Å². The monoisotopic (exact) mass is 511 g/mol. The molecule has 1 fully saturated rings. The van der Waals surface area contributed by atoms with Crippen molar-refractivity contribution >= 4 is 74.6 Å². The van der Waals surface area contributed by atoms with Crippen LogP contribution in [0.1, 0.15) is 33.0 Å². The average molecular weight is 511 g/mol. The number of halogens is 3. The number of nitrogens with zero attached hydrogens (tertiary/aromatic N) is 2. The highest BCUT2D eigenvalue weighted by Gasteiger charge is 2.50. The second kappa shape index (κ2) is 9.38. The number of benzene rings is 2. The van der Waals surface area contributed by atoms with E-state index in [0.717, 1.165) is 17.0 Å². The molecule has 7 nitrogen and oxygen atoms in total. The zero-order chi connectivity index (χ0) is 27.4. The molecule has 2 heterocycles. The van der Waals surface area contributed by atoms with E-state index >= 15 is 0 Å². The van der Waals surface area contributed by atoms with Gasteiger partial charge in [-0.2, -0.15) is 8.78 Å². The normalized spacial score (nSPS) is 21.8. The van der Waals surface area contributed by atoms with Gasteiger partial charge < -0.3 is 9.71 Å². The summed E-state index contributed by atoms with van der Waals surface area (Å²) in [5.74, 6) is -11.1. The van der Waals surface area contributed by atoms with E-state index in [0.29, 0.717) is 5.56 Å². The number of hydrogen-bond donors (Lipinski definition) is 1. The zero-order valence-corrected chi connectivity index (χ0v) is 19.8. The molecule has 15 heteroatoms. The first kappa shape index (κ1) is 27.0. The van der Waals surface area contributed by atoms with Gasteiger partial charge in [0.2, 0.25) is 19.8 Å². The second-order valence-electron chi connectivity index (χ2n) is 8.81. The van der Waals surface area contributed by atoms with Crippen LogP contribution < -0.4 is 5.32 Å². The van der Waals surface area contributed by atoms with Crippen molar-refractivity contribution in [3.05, 3.63) is 69.7 Å². The summed E-state index contributed by atoms with van der Waals surface area (Å²) in [6.07, 6.45) is 0. The number of rotatable bonds is 5. The van der Waals surface area contributed by atoms with Crippen LogP contribution in [-0.2, 0) is 26.9 Å². The van der Waals surface area contributed by atoms with Crippen molar-refractivity contribution in [3.8, 4) is 0 Å². The molecule has 2 aromatic rings. The summed E-state index contributed by atoms with van der Waals surface area (Å²) in [6, 6.07) is 7.10. The molecule has 37 heavy (non-hydrogen) atoms. The number of carbonyl (C=O) groups excluding carboxylic acids is 4. The minimum absolute atomic E-state index is 0.135. The topological polar surface area (TPSA) is 86.8 Å². The molecule has 3 atom stereocenters. The van der Waals surface area contributed by atoms with E-state index in [1.807, 2.05) is 5.32 Å². The van der Waals surface area contributed by atoms with E-state index in [2.05, 4.69) is 0 Å². The molecule has 10 radical (unpaired) electrons. The Morgan fingerprint density at radius 2 is 1.78 bits per heavy atom. The fourth-order valence-electron chi connectivity index (χ4n) is 4.21. The van der Waals surface area contributed by atoms with E-state index in [9.17, 15) is 28.0 Å². The van der Waals surface area contributed by atoms with Gasteiger partial charge in [0.05, 0.1) is 23.5 Å². The molecule has 2 aliphatic heterocycles. The summed E-state index contributed by atoms with van der Waals surface area (Å²) in [5.41, 5.74) is 0.0145. The summed E-state index contributed by atoms with van der Waals surface area (Å²) < 4.78 is 29.6. The van der Waals surface area contributed by atoms with Crippen LogP contribution in [0.4, 0.5) is 8.78 Å². The summed E-state index contributed by atoms with van der Waals surface area (Å²) >= 11 is 5.72. The number of amides is 4. The fourth-order valence-corrected chi connectivity index (χ4v) is 4.33. The van der Waals surface area contributed by atoms with E-state index in [-0.39, 0.29) is 27.5 Å². The van der Waals surface area contributed by atoms with Crippen molar-refractivity contribution in [2.24, 2.45) is 0 Å². The molecule has 0 aliphatic carbocycles. The fraction of sp³-hybridized carbons (Fsp3) is 0.273. The van der Waals surface area contributed by atoms with Crippen LogP contribution in [0.25, 0.3) is 0 Å². The maximum atomic E-state index is 14.8. The van der Waals surface area contributed by atoms with Gasteiger partial charge in [-0.15, -0.1) is 0 Å². The van der Waals surface area contributed by atoms with E-state index in [1.165, 1.54) is 30.3 Å². The van der Waals surface area contributed by atoms with E-state index in [1.54, 1.807) is 0 Å². The van der Waals surface area contributed by atoms with Crippen molar-refractivity contribution in [1.82, 2.24) is 15.0 Å². The Bertz CT molecular complexity index is 1310. The Balaban J connectivity index is 1.56. The molecule has 2 aliphatic rings. The molecular weight excluding hydrogens is 498 g/mol. The Labute approximate surface area is 222 Å². The number of imide groups is 1. The molecule has 0 bridgehead atoms. The van der Waals surface area contributed by atoms with Gasteiger partial charge in [-0.25, -0.2) is 0 Å².